The van der Waals surface area contributed by atoms with Crippen molar-refractivity contribution in [1.82, 2.24) is 4.72 Å². The molecule has 0 amide bonds. The van der Waals surface area contributed by atoms with Crippen LogP contribution < -0.4 is 9.46 Å². The van der Waals surface area contributed by atoms with Crippen LogP contribution in [0.2, 0.25) is 0 Å². The van der Waals surface area contributed by atoms with Gasteiger partial charge in [-0.25, -0.2) is 0 Å². The monoisotopic (exact) mass is 296 g/mol. The summed E-state index contributed by atoms with van der Waals surface area (Å²) in [5, 5.41) is 8.83. The zero-order valence-corrected chi connectivity index (χ0v) is 11.3. The molecule has 1 aliphatic rings. The van der Waals surface area contributed by atoms with Crippen molar-refractivity contribution >= 4 is 21.7 Å². The summed E-state index contributed by atoms with van der Waals surface area (Å²) in [6.07, 6.45) is 1.26. The molecule has 1 aliphatic heterocycles. The van der Waals surface area contributed by atoms with Gasteiger partial charge in [-0.2, -0.15) is 8.42 Å². The van der Waals surface area contributed by atoms with Gasteiger partial charge in [-0.3, -0.25) is 9.52 Å². The molecule has 0 aliphatic carbocycles. The average molecular weight is 296 g/mol. The quantitative estimate of drug-likeness (QED) is 0.799. The summed E-state index contributed by atoms with van der Waals surface area (Å²) >= 11 is 0. The number of aliphatic hydroxyl groups excluding tert-OH is 1. The van der Waals surface area contributed by atoms with Crippen LogP contribution in [0.15, 0.2) is 40.4 Å². The van der Waals surface area contributed by atoms with E-state index in [1.54, 1.807) is 24.3 Å². The molecular formula is C12H12N2O5S. The van der Waals surface area contributed by atoms with E-state index in [9.17, 15) is 13.2 Å². The van der Waals surface area contributed by atoms with Crippen molar-refractivity contribution in [2.75, 3.05) is 13.7 Å². The second kappa shape index (κ2) is 5.43. The van der Waals surface area contributed by atoms with E-state index in [0.717, 1.165) is 0 Å². The predicted molar refractivity (Wildman–Crippen MR) is 71.8 cm³/mol. The van der Waals surface area contributed by atoms with Crippen LogP contribution in [0.4, 0.5) is 0 Å². The van der Waals surface area contributed by atoms with Crippen molar-refractivity contribution in [3.63, 3.8) is 0 Å². The molecule has 106 valence electrons. The molecule has 1 heterocycles. The fourth-order valence-electron chi connectivity index (χ4n) is 1.69. The number of nitrogens with zero attached hydrogens (tertiary/aromatic N) is 1. The lowest BCUT2D eigenvalue weighted by Gasteiger charge is -2.15. The van der Waals surface area contributed by atoms with Crippen LogP contribution in [-0.2, 0) is 15.0 Å². The fourth-order valence-corrected chi connectivity index (χ4v) is 2.60. The lowest BCUT2D eigenvalue weighted by atomic mass is 10.1. The van der Waals surface area contributed by atoms with E-state index in [1.807, 2.05) is 4.72 Å². The highest BCUT2D eigenvalue weighted by atomic mass is 32.2. The molecule has 8 heteroatoms. The number of aliphatic hydroxyl groups is 1. The predicted octanol–water partition coefficient (Wildman–Crippen LogP) is -0.222. The highest BCUT2D eigenvalue weighted by Crippen LogP contribution is 2.21. The highest BCUT2D eigenvalue weighted by molar-refractivity contribution is 7.88. The molecule has 20 heavy (non-hydrogen) atoms. The van der Waals surface area contributed by atoms with Crippen molar-refractivity contribution in [2.45, 2.75) is 0 Å². The van der Waals surface area contributed by atoms with E-state index in [-0.39, 0.29) is 11.4 Å². The van der Waals surface area contributed by atoms with E-state index in [2.05, 4.69) is 4.40 Å². The van der Waals surface area contributed by atoms with E-state index in [1.165, 1.54) is 13.2 Å². The van der Waals surface area contributed by atoms with Crippen LogP contribution >= 0.6 is 0 Å². The summed E-state index contributed by atoms with van der Waals surface area (Å²) < 4.78 is 34.0. The smallest absolute Gasteiger partial charge is 0.342 e. The number of methoxy groups -OCH3 is 1. The molecule has 0 fully saturated rings. The number of para-hydroxylation sites is 1. The maximum Gasteiger partial charge on any atom is 0.342 e. The van der Waals surface area contributed by atoms with E-state index in [4.69, 9.17) is 9.84 Å². The SMILES string of the molecule is COc1ccccc1C1=NS(=O)(=O)NC(C(=O)CO)=C1. The zero-order chi connectivity index (χ0) is 14.8. The second-order valence-electron chi connectivity index (χ2n) is 3.89. The van der Waals surface area contributed by atoms with E-state index >= 15 is 0 Å². The van der Waals surface area contributed by atoms with Crippen molar-refractivity contribution in [1.29, 1.82) is 0 Å². The van der Waals surface area contributed by atoms with Crippen molar-refractivity contribution in [2.24, 2.45) is 4.40 Å². The third kappa shape index (κ3) is 2.86. The maximum atomic E-state index is 11.7. The Labute approximate surface area is 115 Å². The molecule has 0 saturated carbocycles. The minimum atomic E-state index is -4.03. The lowest BCUT2D eigenvalue weighted by molar-refractivity contribution is -0.118. The molecule has 1 aromatic carbocycles. The Morgan fingerprint density at radius 3 is 2.75 bits per heavy atom. The largest absolute Gasteiger partial charge is 0.496 e. The second-order valence-corrected chi connectivity index (χ2v) is 5.23. The number of nitrogens with one attached hydrogen (secondary N) is 1. The number of carbonyl (C=O) groups excluding carboxylic acids is 1. The normalized spacial score (nSPS) is 16.7. The third-order valence-electron chi connectivity index (χ3n) is 2.57. The van der Waals surface area contributed by atoms with Gasteiger partial charge < -0.3 is 9.84 Å². The van der Waals surface area contributed by atoms with Gasteiger partial charge in [-0.15, -0.1) is 4.40 Å². The molecule has 2 N–H and O–H groups in total. The van der Waals surface area contributed by atoms with Gasteiger partial charge in [0, 0.05) is 5.56 Å². The highest BCUT2D eigenvalue weighted by Gasteiger charge is 2.24. The van der Waals surface area contributed by atoms with Crippen molar-refractivity contribution in [3.8, 4) is 5.75 Å². The minimum absolute atomic E-state index is 0.0676. The van der Waals surface area contributed by atoms with Crippen molar-refractivity contribution in [3.05, 3.63) is 41.6 Å². The molecule has 0 unspecified atom stereocenters. The first-order valence-electron chi connectivity index (χ1n) is 5.58. The fraction of sp³-hybridized carbons (Fsp3) is 0.167. The molecule has 0 bridgehead atoms. The first-order valence-corrected chi connectivity index (χ1v) is 7.02. The Kier molecular flexibility index (Phi) is 3.86. The zero-order valence-electron chi connectivity index (χ0n) is 10.5. The number of hydrogen-bond acceptors (Lipinski definition) is 5. The summed E-state index contributed by atoms with van der Waals surface area (Å²) in [7, 11) is -2.58. The van der Waals surface area contributed by atoms with Crippen LogP contribution in [0.25, 0.3) is 0 Å². The summed E-state index contributed by atoms with van der Waals surface area (Å²) in [5.74, 6) is -0.314. The Hall–Kier alpha value is -2.19. The minimum Gasteiger partial charge on any atom is -0.496 e. The Bertz CT molecular complexity index is 706. The molecule has 0 spiro atoms. The summed E-state index contributed by atoms with van der Waals surface area (Å²) in [6.45, 7) is -0.798. The van der Waals surface area contributed by atoms with Crippen LogP contribution in [0.3, 0.4) is 0 Å². The molecule has 0 saturated heterocycles. The Morgan fingerprint density at radius 2 is 2.10 bits per heavy atom. The Balaban J connectivity index is 2.56. The lowest BCUT2D eigenvalue weighted by Crippen LogP contribution is -2.32. The van der Waals surface area contributed by atoms with Gasteiger partial charge in [0.05, 0.1) is 18.5 Å². The van der Waals surface area contributed by atoms with Gasteiger partial charge in [0.25, 0.3) is 0 Å². The number of ether oxygens (including phenoxy) is 1. The molecule has 0 aromatic heterocycles. The number of benzene rings is 1. The van der Waals surface area contributed by atoms with Crippen LogP contribution in [0.5, 0.6) is 5.75 Å². The van der Waals surface area contributed by atoms with Gasteiger partial charge in [0.1, 0.15) is 12.4 Å². The summed E-state index contributed by atoms with van der Waals surface area (Å²) in [5.41, 5.74) is 0.268. The third-order valence-corrected chi connectivity index (χ3v) is 3.48. The summed E-state index contributed by atoms with van der Waals surface area (Å²) in [6, 6.07) is 6.68. The van der Waals surface area contributed by atoms with Crippen LogP contribution in [-0.4, -0.2) is 38.7 Å². The number of hydrogen-bond donors (Lipinski definition) is 2. The Morgan fingerprint density at radius 1 is 1.40 bits per heavy atom. The first-order chi connectivity index (χ1) is 9.46. The number of carbonyl (C=O) groups is 1. The van der Waals surface area contributed by atoms with Gasteiger partial charge in [0.2, 0.25) is 5.78 Å². The number of allylic oxidation sites excluding steroid dienone is 1. The molecule has 2 rings (SSSR count). The van der Waals surface area contributed by atoms with Crippen molar-refractivity contribution < 1.29 is 23.1 Å². The molecule has 0 atom stereocenters. The average Bonchev–Trinajstić information content (AvgIpc) is 2.44. The first kappa shape index (κ1) is 14.2. The van der Waals surface area contributed by atoms with Crippen LogP contribution in [0.1, 0.15) is 5.56 Å². The number of Topliss-reactive ketones (excluding diaryl/α,β-unsaturated/α-hetero) is 1. The van der Waals surface area contributed by atoms with E-state index in [0.29, 0.717) is 11.3 Å². The molecule has 7 nitrogen and oxygen atoms in total. The van der Waals surface area contributed by atoms with Crippen LogP contribution in [0, 0.1) is 0 Å². The molecular weight excluding hydrogens is 284 g/mol. The van der Waals surface area contributed by atoms with Gasteiger partial charge in [-0.1, -0.05) is 12.1 Å². The number of ketones is 1. The molecule has 0 radical (unpaired) electrons. The molecule has 1 aromatic rings. The van der Waals surface area contributed by atoms with E-state index < -0.39 is 22.6 Å². The summed E-state index contributed by atoms with van der Waals surface area (Å²) in [4.78, 5) is 11.5. The van der Waals surface area contributed by atoms with Gasteiger partial charge in [-0.05, 0) is 18.2 Å². The maximum absolute atomic E-state index is 11.7. The van der Waals surface area contributed by atoms with Gasteiger partial charge >= 0.3 is 10.2 Å². The topological polar surface area (TPSA) is 105 Å². The van der Waals surface area contributed by atoms with Gasteiger partial charge in [0.15, 0.2) is 0 Å². The number of rotatable bonds is 4. The standard InChI is InChI=1S/C12H12N2O5S/c1-19-12-5-3-2-4-8(12)9-6-10(11(16)7-15)14-20(17,18)13-9/h2-6,14-15H,7H2,1H3.